The van der Waals surface area contributed by atoms with Gasteiger partial charge in [-0.3, -0.25) is 9.78 Å². The van der Waals surface area contributed by atoms with Gasteiger partial charge in [0.2, 0.25) is 5.91 Å². The maximum atomic E-state index is 11.9. The molecule has 18 heavy (non-hydrogen) atoms. The number of hydrogen-bond acceptors (Lipinski definition) is 4. The first-order chi connectivity index (χ1) is 8.67. The van der Waals surface area contributed by atoms with E-state index in [1.54, 1.807) is 17.2 Å². The van der Waals surface area contributed by atoms with Gasteiger partial charge in [0.25, 0.3) is 0 Å². The summed E-state index contributed by atoms with van der Waals surface area (Å²) in [5.41, 5.74) is 0.897. The lowest BCUT2D eigenvalue weighted by Gasteiger charge is -2.18. The van der Waals surface area contributed by atoms with Crippen molar-refractivity contribution in [3.63, 3.8) is 0 Å². The van der Waals surface area contributed by atoms with Gasteiger partial charge in [0.15, 0.2) is 0 Å². The van der Waals surface area contributed by atoms with Crippen LogP contribution in [0.2, 0.25) is 0 Å². The lowest BCUT2D eigenvalue weighted by atomic mass is 10.1. The summed E-state index contributed by atoms with van der Waals surface area (Å²) in [6.07, 6.45) is 3.49. The van der Waals surface area contributed by atoms with Crippen LogP contribution >= 0.6 is 15.9 Å². The highest BCUT2D eigenvalue weighted by molar-refractivity contribution is 9.09. The minimum absolute atomic E-state index is 0.0239. The fourth-order valence-corrected chi connectivity index (χ4v) is 2.44. The van der Waals surface area contributed by atoms with Crippen molar-refractivity contribution in [1.29, 1.82) is 0 Å². The molecule has 1 amide bonds. The number of amides is 1. The minimum atomic E-state index is -0.479. The third-order valence-electron chi connectivity index (χ3n) is 2.92. The normalized spacial score (nSPS) is 19.1. The summed E-state index contributed by atoms with van der Waals surface area (Å²) >= 11 is 3.38. The maximum absolute atomic E-state index is 11.9. The summed E-state index contributed by atoms with van der Waals surface area (Å²) in [6, 6.07) is 1.67. The highest BCUT2D eigenvalue weighted by atomic mass is 79.9. The molecule has 0 radical (unpaired) electrons. The number of ether oxygens (including phenoxy) is 1. The first kappa shape index (κ1) is 13.0. The first-order valence-corrected chi connectivity index (χ1v) is 6.68. The second kappa shape index (κ2) is 5.48. The number of halogens is 1. The summed E-state index contributed by atoms with van der Waals surface area (Å²) in [5.74, 6) is -0.180. The molecule has 0 aromatic carbocycles. The van der Waals surface area contributed by atoms with Gasteiger partial charge in [-0.1, -0.05) is 15.9 Å². The van der Waals surface area contributed by atoms with Crippen molar-refractivity contribution in [2.45, 2.75) is 6.42 Å². The molecule has 1 fully saturated rings. The van der Waals surface area contributed by atoms with Crippen molar-refractivity contribution in [2.24, 2.45) is 5.92 Å². The number of aromatic nitrogens is 1. The van der Waals surface area contributed by atoms with Gasteiger partial charge >= 0.3 is 5.97 Å². The number of anilines is 1. The monoisotopic (exact) mass is 312 g/mol. The first-order valence-electron chi connectivity index (χ1n) is 5.56. The van der Waals surface area contributed by atoms with Gasteiger partial charge in [-0.15, -0.1) is 0 Å². The second-order valence-corrected chi connectivity index (χ2v) is 4.76. The molecular weight excluding hydrogens is 300 g/mol. The van der Waals surface area contributed by atoms with E-state index in [4.69, 9.17) is 4.74 Å². The van der Waals surface area contributed by atoms with Crippen LogP contribution in [0.4, 0.5) is 5.69 Å². The molecule has 1 aromatic heterocycles. The molecule has 0 saturated carbocycles. The Morgan fingerprint density at radius 3 is 3.06 bits per heavy atom. The van der Waals surface area contributed by atoms with E-state index in [9.17, 15) is 9.59 Å². The topological polar surface area (TPSA) is 59.5 Å². The number of esters is 1. The van der Waals surface area contributed by atoms with Crippen molar-refractivity contribution in [3.8, 4) is 0 Å². The Bertz CT molecular complexity index is 478. The second-order valence-electron chi connectivity index (χ2n) is 4.11. The Balaban J connectivity index is 2.34. The molecule has 2 rings (SSSR count). The quantitative estimate of drug-likeness (QED) is 0.628. The molecule has 1 aromatic rings. The van der Waals surface area contributed by atoms with E-state index < -0.39 is 5.97 Å². The molecular formula is C12H13BrN2O3. The fourth-order valence-electron chi connectivity index (χ4n) is 2.01. The highest BCUT2D eigenvalue weighted by Crippen LogP contribution is 2.28. The Morgan fingerprint density at radius 2 is 2.44 bits per heavy atom. The maximum Gasteiger partial charge on any atom is 0.341 e. The lowest BCUT2D eigenvalue weighted by Crippen LogP contribution is -2.27. The van der Waals surface area contributed by atoms with Gasteiger partial charge in [0.05, 0.1) is 12.8 Å². The summed E-state index contributed by atoms with van der Waals surface area (Å²) in [6.45, 7) is 0.609. The molecule has 0 aliphatic carbocycles. The van der Waals surface area contributed by atoms with E-state index in [-0.39, 0.29) is 11.8 Å². The van der Waals surface area contributed by atoms with Gasteiger partial charge in [0.1, 0.15) is 5.56 Å². The summed E-state index contributed by atoms with van der Waals surface area (Å²) in [7, 11) is 1.31. The van der Waals surface area contributed by atoms with Gasteiger partial charge in [-0.05, 0) is 12.0 Å². The number of carbonyl (C=O) groups excluding carboxylic acids is 2. The summed E-state index contributed by atoms with van der Waals surface area (Å²) < 4.78 is 4.70. The third-order valence-corrected chi connectivity index (χ3v) is 3.83. The molecule has 96 valence electrons. The predicted octanol–water partition coefficient (Wildman–Crippen LogP) is 1.62. The number of pyridine rings is 1. The Morgan fingerprint density at radius 1 is 1.67 bits per heavy atom. The molecule has 1 aliphatic heterocycles. The van der Waals surface area contributed by atoms with Crippen LogP contribution in [0.3, 0.4) is 0 Å². The SMILES string of the molecule is COC(=O)c1cnccc1N1CC(CBr)CC1=O. The summed E-state index contributed by atoms with van der Waals surface area (Å²) in [5, 5.41) is 0.772. The van der Waals surface area contributed by atoms with Gasteiger partial charge in [-0.2, -0.15) is 0 Å². The van der Waals surface area contributed by atoms with Crippen LogP contribution in [0, 0.1) is 5.92 Å². The predicted molar refractivity (Wildman–Crippen MR) is 69.8 cm³/mol. The van der Waals surface area contributed by atoms with Crippen LogP contribution in [0.15, 0.2) is 18.5 Å². The number of rotatable bonds is 3. The number of nitrogens with zero attached hydrogens (tertiary/aromatic N) is 2. The van der Waals surface area contributed by atoms with Crippen LogP contribution in [-0.2, 0) is 9.53 Å². The molecule has 1 saturated heterocycles. The average Bonchev–Trinajstić information content (AvgIpc) is 2.79. The van der Waals surface area contributed by atoms with Crippen molar-refractivity contribution in [2.75, 3.05) is 23.9 Å². The zero-order valence-electron chi connectivity index (χ0n) is 9.93. The molecule has 1 aliphatic rings. The van der Waals surface area contributed by atoms with E-state index in [2.05, 4.69) is 20.9 Å². The molecule has 5 nitrogen and oxygen atoms in total. The number of hydrogen-bond donors (Lipinski definition) is 0. The molecule has 1 atom stereocenters. The van der Waals surface area contributed by atoms with E-state index >= 15 is 0 Å². The third kappa shape index (κ3) is 2.38. The Hall–Kier alpha value is -1.43. The molecule has 6 heteroatoms. The smallest absolute Gasteiger partial charge is 0.341 e. The van der Waals surface area contributed by atoms with Crippen LogP contribution in [0.1, 0.15) is 16.8 Å². The lowest BCUT2D eigenvalue weighted by molar-refractivity contribution is -0.117. The van der Waals surface area contributed by atoms with Gasteiger partial charge < -0.3 is 9.64 Å². The fraction of sp³-hybridized carbons (Fsp3) is 0.417. The molecule has 0 N–H and O–H groups in total. The highest BCUT2D eigenvalue weighted by Gasteiger charge is 2.32. The standard InChI is InChI=1S/C12H13BrN2O3/c1-18-12(17)9-6-14-3-2-10(9)15-7-8(5-13)4-11(15)16/h2-3,6,8H,4-5,7H2,1H3. The van der Waals surface area contributed by atoms with Crippen LogP contribution in [-0.4, -0.2) is 35.8 Å². The number of methoxy groups -OCH3 is 1. The Kier molecular flexibility index (Phi) is 3.96. The molecule has 1 unspecified atom stereocenters. The molecule has 2 heterocycles. The van der Waals surface area contributed by atoms with Crippen molar-refractivity contribution in [1.82, 2.24) is 4.98 Å². The molecule has 0 bridgehead atoms. The van der Waals surface area contributed by atoms with Crippen LogP contribution in [0.25, 0.3) is 0 Å². The molecule has 0 spiro atoms. The average molecular weight is 313 g/mol. The largest absolute Gasteiger partial charge is 0.465 e. The minimum Gasteiger partial charge on any atom is -0.465 e. The van der Waals surface area contributed by atoms with E-state index in [0.717, 1.165) is 5.33 Å². The van der Waals surface area contributed by atoms with E-state index in [1.807, 2.05) is 0 Å². The zero-order chi connectivity index (χ0) is 13.1. The number of alkyl halides is 1. The van der Waals surface area contributed by atoms with Crippen molar-refractivity contribution < 1.29 is 14.3 Å². The van der Waals surface area contributed by atoms with Gasteiger partial charge in [0, 0.05) is 30.7 Å². The van der Waals surface area contributed by atoms with Crippen LogP contribution < -0.4 is 4.90 Å². The van der Waals surface area contributed by atoms with Crippen molar-refractivity contribution in [3.05, 3.63) is 24.0 Å². The van der Waals surface area contributed by atoms with Crippen molar-refractivity contribution >= 4 is 33.5 Å². The van der Waals surface area contributed by atoms with Crippen LogP contribution in [0.5, 0.6) is 0 Å². The number of carbonyl (C=O) groups is 2. The van der Waals surface area contributed by atoms with Gasteiger partial charge in [-0.25, -0.2) is 4.79 Å². The van der Waals surface area contributed by atoms with E-state index in [1.165, 1.54) is 13.3 Å². The van der Waals surface area contributed by atoms with E-state index in [0.29, 0.717) is 24.2 Å². The zero-order valence-corrected chi connectivity index (χ0v) is 11.5. The summed E-state index contributed by atoms with van der Waals surface area (Å²) in [4.78, 5) is 29.1. The Labute approximate surface area is 113 Å².